The molecule has 2 fully saturated rings. The fraction of sp³-hybridized carbons (Fsp3) is 0.750. The molecular formula is C12H18N2O3. The number of nitrogens with zero attached hydrogens (tertiary/aromatic N) is 1. The van der Waals surface area contributed by atoms with Crippen molar-refractivity contribution in [3.8, 4) is 0 Å². The Bertz CT molecular complexity index is 385. The number of carbonyl (C=O) groups excluding carboxylic acids is 3. The maximum Gasteiger partial charge on any atom is 0.252 e. The van der Waals surface area contributed by atoms with E-state index in [1.165, 1.54) is 4.90 Å². The topological polar surface area (TPSA) is 66.5 Å². The second-order valence-electron chi connectivity index (χ2n) is 5.49. The van der Waals surface area contributed by atoms with Gasteiger partial charge in [-0.15, -0.1) is 0 Å². The summed E-state index contributed by atoms with van der Waals surface area (Å²) in [5, 5.41) is 2.27. The van der Waals surface area contributed by atoms with Gasteiger partial charge >= 0.3 is 0 Å². The Morgan fingerprint density at radius 1 is 1.41 bits per heavy atom. The monoisotopic (exact) mass is 238 g/mol. The zero-order valence-corrected chi connectivity index (χ0v) is 10.4. The van der Waals surface area contributed by atoms with E-state index in [1.807, 2.05) is 6.92 Å². The van der Waals surface area contributed by atoms with Gasteiger partial charge in [0, 0.05) is 5.92 Å². The summed E-state index contributed by atoms with van der Waals surface area (Å²) in [6.45, 7) is 5.21. The van der Waals surface area contributed by atoms with Gasteiger partial charge in [0.25, 0.3) is 5.91 Å². The Balaban J connectivity index is 2.19. The summed E-state index contributed by atoms with van der Waals surface area (Å²) < 4.78 is 0. The van der Waals surface area contributed by atoms with E-state index in [1.54, 1.807) is 13.8 Å². The average molecular weight is 238 g/mol. The van der Waals surface area contributed by atoms with E-state index < -0.39 is 17.4 Å². The zero-order chi connectivity index (χ0) is 12.8. The van der Waals surface area contributed by atoms with Crippen LogP contribution >= 0.6 is 0 Å². The first kappa shape index (κ1) is 12.1. The van der Waals surface area contributed by atoms with E-state index in [9.17, 15) is 14.4 Å². The third kappa shape index (κ3) is 2.06. The van der Waals surface area contributed by atoms with Crippen LogP contribution in [0.3, 0.4) is 0 Å². The fourth-order valence-corrected chi connectivity index (χ4v) is 2.18. The number of rotatable bonds is 2. The number of amides is 3. The lowest BCUT2D eigenvalue weighted by Gasteiger charge is -2.41. The SMILES string of the molecule is CC(C(=O)N1CC(=O)NC(=O)C1(C)C)C1CC1. The number of carbonyl (C=O) groups is 3. The van der Waals surface area contributed by atoms with Gasteiger partial charge in [-0.1, -0.05) is 6.92 Å². The van der Waals surface area contributed by atoms with E-state index in [4.69, 9.17) is 0 Å². The van der Waals surface area contributed by atoms with Crippen LogP contribution in [0, 0.1) is 11.8 Å². The van der Waals surface area contributed by atoms with Crippen molar-refractivity contribution in [2.24, 2.45) is 11.8 Å². The van der Waals surface area contributed by atoms with Crippen molar-refractivity contribution in [1.29, 1.82) is 0 Å². The van der Waals surface area contributed by atoms with Gasteiger partial charge < -0.3 is 4.90 Å². The molecule has 5 nitrogen and oxygen atoms in total. The van der Waals surface area contributed by atoms with Crippen molar-refractivity contribution < 1.29 is 14.4 Å². The molecule has 0 bridgehead atoms. The number of hydrogen-bond acceptors (Lipinski definition) is 3. The minimum absolute atomic E-state index is 0.0192. The Morgan fingerprint density at radius 2 is 2.00 bits per heavy atom. The third-order valence-electron chi connectivity index (χ3n) is 3.77. The quantitative estimate of drug-likeness (QED) is 0.703. The molecule has 5 heteroatoms. The summed E-state index contributed by atoms with van der Waals surface area (Å²) in [6.07, 6.45) is 2.14. The van der Waals surface area contributed by atoms with Gasteiger partial charge in [-0.05, 0) is 32.6 Å². The van der Waals surface area contributed by atoms with Crippen LogP contribution in [0.1, 0.15) is 33.6 Å². The van der Waals surface area contributed by atoms with Crippen molar-refractivity contribution in [1.82, 2.24) is 10.2 Å². The van der Waals surface area contributed by atoms with Crippen LogP contribution in [0.15, 0.2) is 0 Å². The molecule has 1 aliphatic carbocycles. The van der Waals surface area contributed by atoms with E-state index in [0.29, 0.717) is 5.92 Å². The summed E-state index contributed by atoms with van der Waals surface area (Å²) in [6, 6.07) is 0. The molecule has 3 amide bonds. The lowest BCUT2D eigenvalue weighted by atomic mass is 9.95. The lowest BCUT2D eigenvalue weighted by Crippen LogP contribution is -2.66. The highest BCUT2D eigenvalue weighted by Crippen LogP contribution is 2.38. The van der Waals surface area contributed by atoms with Gasteiger partial charge in [0.2, 0.25) is 11.8 Å². The van der Waals surface area contributed by atoms with Crippen LogP contribution in [-0.2, 0) is 14.4 Å². The number of hydrogen-bond donors (Lipinski definition) is 1. The molecule has 2 rings (SSSR count). The van der Waals surface area contributed by atoms with Gasteiger partial charge in [-0.25, -0.2) is 0 Å². The Morgan fingerprint density at radius 3 is 2.53 bits per heavy atom. The van der Waals surface area contributed by atoms with Gasteiger partial charge in [-0.3, -0.25) is 19.7 Å². The van der Waals surface area contributed by atoms with Crippen LogP contribution in [-0.4, -0.2) is 34.7 Å². The standard InChI is InChI=1S/C12H18N2O3/c1-7(8-4-5-8)10(16)14-6-9(15)13-11(17)12(14,2)3/h7-8H,4-6H2,1-3H3,(H,13,15,17). The van der Waals surface area contributed by atoms with Crippen molar-refractivity contribution in [2.75, 3.05) is 6.54 Å². The van der Waals surface area contributed by atoms with Crippen molar-refractivity contribution >= 4 is 17.7 Å². The molecule has 0 spiro atoms. The van der Waals surface area contributed by atoms with Crippen LogP contribution in [0.5, 0.6) is 0 Å². The van der Waals surface area contributed by atoms with Gasteiger partial charge in [0.15, 0.2) is 0 Å². The molecule has 1 N–H and O–H groups in total. The third-order valence-corrected chi connectivity index (χ3v) is 3.77. The predicted octanol–water partition coefficient (Wildman–Crippen LogP) is 0.296. The van der Waals surface area contributed by atoms with Crippen LogP contribution in [0.25, 0.3) is 0 Å². The Hall–Kier alpha value is -1.39. The molecule has 0 radical (unpaired) electrons. The normalized spacial score (nSPS) is 25.5. The van der Waals surface area contributed by atoms with Gasteiger partial charge in [0.1, 0.15) is 12.1 Å². The molecule has 94 valence electrons. The first-order valence-corrected chi connectivity index (χ1v) is 6.00. The van der Waals surface area contributed by atoms with E-state index in [0.717, 1.165) is 12.8 Å². The molecule has 0 aromatic carbocycles. The predicted molar refractivity (Wildman–Crippen MR) is 60.8 cm³/mol. The molecule has 0 aromatic heterocycles. The molecule has 17 heavy (non-hydrogen) atoms. The first-order chi connectivity index (χ1) is 7.84. The minimum atomic E-state index is -0.936. The van der Waals surface area contributed by atoms with Crippen molar-refractivity contribution in [3.63, 3.8) is 0 Å². The Labute approximate surface area is 101 Å². The molecule has 1 saturated carbocycles. The van der Waals surface area contributed by atoms with Gasteiger partial charge in [-0.2, -0.15) is 0 Å². The molecule has 1 aliphatic heterocycles. The summed E-state index contributed by atoms with van der Waals surface area (Å²) in [7, 11) is 0. The highest BCUT2D eigenvalue weighted by molar-refractivity contribution is 6.06. The van der Waals surface area contributed by atoms with E-state index in [2.05, 4.69) is 5.32 Å². The largest absolute Gasteiger partial charge is 0.319 e. The zero-order valence-electron chi connectivity index (χ0n) is 10.4. The van der Waals surface area contributed by atoms with E-state index >= 15 is 0 Å². The molecule has 2 aliphatic rings. The van der Waals surface area contributed by atoms with Gasteiger partial charge in [0.05, 0.1) is 0 Å². The number of imide groups is 1. The van der Waals surface area contributed by atoms with E-state index in [-0.39, 0.29) is 18.4 Å². The fourth-order valence-electron chi connectivity index (χ4n) is 2.18. The first-order valence-electron chi connectivity index (χ1n) is 6.00. The molecule has 1 unspecified atom stereocenters. The number of piperazine rings is 1. The summed E-state index contributed by atoms with van der Waals surface area (Å²) >= 11 is 0. The molecule has 1 heterocycles. The lowest BCUT2D eigenvalue weighted by molar-refractivity contribution is -0.157. The average Bonchev–Trinajstić information content (AvgIpc) is 3.05. The second kappa shape index (κ2) is 3.82. The highest BCUT2D eigenvalue weighted by Gasteiger charge is 2.46. The Kier molecular flexibility index (Phi) is 2.72. The summed E-state index contributed by atoms with van der Waals surface area (Å²) in [5.41, 5.74) is -0.936. The minimum Gasteiger partial charge on any atom is -0.319 e. The maximum atomic E-state index is 12.3. The van der Waals surface area contributed by atoms with Crippen molar-refractivity contribution in [3.05, 3.63) is 0 Å². The molecule has 1 atom stereocenters. The highest BCUT2D eigenvalue weighted by atomic mass is 16.2. The molecule has 0 aromatic rings. The van der Waals surface area contributed by atoms with Crippen LogP contribution in [0.2, 0.25) is 0 Å². The summed E-state index contributed by atoms with van der Waals surface area (Å²) in [4.78, 5) is 36.8. The summed E-state index contributed by atoms with van der Waals surface area (Å²) in [5.74, 6) is -0.539. The number of nitrogens with one attached hydrogen (secondary N) is 1. The van der Waals surface area contributed by atoms with Crippen LogP contribution in [0.4, 0.5) is 0 Å². The second-order valence-corrected chi connectivity index (χ2v) is 5.49. The smallest absolute Gasteiger partial charge is 0.252 e. The van der Waals surface area contributed by atoms with Crippen LogP contribution < -0.4 is 5.32 Å². The molecule has 1 saturated heterocycles. The van der Waals surface area contributed by atoms with Crippen molar-refractivity contribution in [2.45, 2.75) is 39.2 Å². The molecular weight excluding hydrogens is 220 g/mol. The maximum absolute atomic E-state index is 12.3.